The average Bonchev–Trinajstić information content (AvgIpc) is 3.46. The van der Waals surface area contributed by atoms with Gasteiger partial charge in [0, 0.05) is 23.7 Å². The van der Waals surface area contributed by atoms with Crippen LogP contribution in [0.25, 0.3) is 66.8 Å². The van der Waals surface area contributed by atoms with Crippen LogP contribution < -0.4 is 0 Å². The fraction of sp³-hybridized carbons (Fsp3) is 0.0882. The molecule has 0 amide bonds. The van der Waals surface area contributed by atoms with Crippen LogP contribution in [-0.4, -0.2) is 31.3 Å². The number of carbonyl (C=O) groups excluding carboxylic acids is 2. The number of ketones is 1. The summed E-state index contributed by atoms with van der Waals surface area (Å²) in [5.74, 6) is -2.23. The minimum Gasteiger partial charge on any atom is -0.516 e. The Morgan fingerprint density at radius 2 is 0.589 bits per heavy atom. The normalized spacial score (nSPS) is 12.1. The molecule has 2 atom stereocenters. The van der Waals surface area contributed by atoms with E-state index in [-0.39, 0.29) is 5.78 Å². The first-order valence-electron chi connectivity index (χ1n) is 25.0. The standard InChI is InChI=1S/C68H56O4Si/c1-49(66(69)56-38-21-8-22-39-56)67(70)68(71)72-73(46-63-57(50-26-9-2-10-27-50)40-23-41-58(63)51-28-11-3-12-29-51,47-64-59(52-30-13-4-14-31-52)42-24-43-60(64)53-32-15-5-16-33-53)48-65-61(54-34-17-6-18-35-54)44-25-45-62(65)55-36-19-7-20-37-55/h2-45,49,67,70H,46-48H2,1H3/t49-,67-/m1/s1. The second-order valence-corrected chi connectivity index (χ2v) is 22.4. The van der Waals surface area contributed by atoms with Gasteiger partial charge in [0.2, 0.25) is 0 Å². The van der Waals surface area contributed by atoms with Gasteiger partial charge in [0.05, 0.1) is 5.92 Å². The maximum absolute atomic E-state index is 15.6. The van der Waals surface area contributed by atoms with Gasteiger partial charge in [-0.25, -0.2) is 0 Å². The summed E-state index contributed by atoms with van der Waals surface area (Å²) in [4.78, 5) is 29.8. The minimum atomic E-state index is -3.91. The highest BCUT2D eigenvalue weighted by Gasteiger charge is 2.45. The summed E-state index contributed by atoms with van der Waals surface area (Å²) in [6.07, 6.45) is -1.76. The molecule has 0 spiro atoms. The van der Waals surface area contributed by atoms with Crippen molar-refractivity contribution in [3.05, 3.63) is 289 Å². The van der Waals surface area contributed by atoms with E-state index in [1.807, 2.05) is 42.5 Å². The predicted octanol–water partition coefficient (Wildman–Crippen LogP) is 15.7. The van der Waals surface area contributed by atoms with Crippen molar-refractivity contribution >= 4 is 20.1 Å². The number of benzene rings is 10. The van der Waals surface area contributed by atoms with Crippen molar-refractivity contribution in [2.75, 3.05) is 0 Å². The second kappa shape index (κ2) is 22.3. The third-order valence-electron chi connectivity index (χ3n) is 14.0. The maximum atomic E-state index is 15.6. The third kappa shape index (κ3) is 10.8. The van der Waals surface area contributed by atoms with Crippen molar-refractivity contribution in [2.45, 2.75) is 31.2 Å². The van der Waals surface area contributed by atoms with E-state index in [9.17, 15) is 9.90 Å². The molecule has 10 aromatic rings. The average molecular weight is 965 g/mol. The lowest BCUT2D eigenvalue weighted by atomic mass is 9.92. The molecule has 4 nitrogen and oxygen atoms in total. The Kier molecular flexibility index (Phi) is 14.7. The number of hydrogen-bond acceptors (Lipinski definition) is 4. The molecule has 0 aromatic heterocycles. The quantitative estimate of drug-likeness (QED) is 0.0729. The fourth-order valence-electron chi connectivity index (χ4n) is 10.4. The van der Waals surface area contributed by atoms with E-state index in [2.05, 4.69) is 200 Å². The first-order chi connectivity index (χ1) is 35.9. The summed E-state index contributed by atoms with van der Waals surface area (Å²) >= 11 is 0. The van der Waals surface area contributed by atoms with Crippen LogP contribution in [0.1, 0.15) is 34.0 Å². The Morgan fingerprint density at radius 1 is 0.356 bits per heavy atom. The molecule has 0 bridgehead atoms. The molecule has 0 aliphatic rings. The van der Waals surface area contributed by atoms with Crippen molar-refractivity contribution in [1.82, 2.24) is 0 Å². The Balaban J connectivity index is 1.29. The van der Waals surface area contributed by atoms with Crippen LogP contribution in [0.4, 0.5) is 0 Å². The molecule has 0 heterocycles. The molecule has 0 radical (unpaired) electrons. The van der Waals surface area contributed by atoms with Crippen molar-refractivity contribution in [3.63, 3.8) is 0 Å². The van der Waals surface area contributed by atoms with Gasteiger partial charge in [0.15, 0.2) is 11.9 Å². The molecular formula is C68H56O4Si. The molecule has 0 unspecified atom stereocenters. The largest absolute Gasteiger partial charge is 0.516 e. The summed E-state index contributed by atoms with van der Waals surface area (Å²) < 4.78 is 7.56. The van der Waals surface area contributed by atoms with Crippen molar-refractivity contribution in [2.24, 2.45) is 5.92 Å². The predicted molar refractivity (Wildman–Crippen MR) is 301 cm³/mol. The van der Waals surface area contributed by atoms with Gasteiger partial charge in [-0.15, -0.1) is 0 Å². The molecule has 0 saturated carbocycles. The van der Waals surface area contributed by atoms with Crippen molar-refractivity contribution < 1.29 is 19.1 Å². The van der Waals surface area contributed by atoms with E-state index in [0.717, 1.165) is 83.5 Å². The lowest BCUT2D eigenvalue weighted by Crippen LogP contribution is -2.52. The summed E-state index contributed by atoms with van der Waals surface area (Å²) in [6, 6.07) is 91.9. The Morgan fingerprint density at radius 3 is 0.836 bits per heavy atom. The van der Waals surface area contributed by atoms with E-state index >= 15 is 4.79 Å². The van der Waals surface area contributed by atoms with E-state index in [4.69, 9.17) is 4.43 Å². The molecule has 0 aliphatic heterocycles. The Bertz CT molecular complexity index is 2960. The molecule has 0 saturated heterocycles. The number of Topliss-reactive ketones (excluding diaryl/α,β-unsaturated/α-hetero) is 1. The van der Waals surface area contributed by atoms with Crippen LogP contribution in [0.15, 0.2) is 267 Å². The SMILES string of the molecule is C[C@H](C(=O)c1ccccc1)[C@@H](O)C(=O)O[Si](Cc1c(-c2ccccc2)cccc1-c1ccccc1)(Cc1c(-c2ccccc2)cccc1-c1ccccc1)Cc1c(-c2ccccc2)cccc1-c1ccccc1. The van der Waals surface area contributed by atoms with Gasteiger partial charge in [-0.1, -0.05) is 274 Å². The minimum absolute atomic E-state index is 0.334. The van der Waals surface area contributed by atoms with Crippen LogP contribution in [-0.2, 0) is 27.4 Å². The van der Waals surface area contributed by atoms with Crippen molar-refractivity contribution in [3.8, 4) is 66.8 Å². The fourth-order valence-corrected chi connectivity index (χ4v) is 14.6. The monoisotopic (exact) mass is 964 g/mol. The number of aliphatic hydroxyl groups excluding tert-OH is 1. The smallest absolute Gasteiger partial charge is 0.322 e. The summed E-state index contributed by atoms with van der Waals surface area (Å²) in [7, 11) is -3.91. The molecule has 356 valence electrons. The van der Waals surface area contributed by atoms with E-state index in [0.29, 0.717) is 23.7 Å². The lowest BCUT2D eigenvalue weighted by molar-refractivity contribution is -0.146. The zero-order chi connectivity index (χ0) is 50.0. The van der Waals surface area contributed by atoms with Crippen LogP contribution >= 0.6 is 0 Å². The van der Waals surface area contributed by atoms with Gasteiger partial charge in [-0.3, -0.25) is 9.59 Å². The third-order valence-corrected chi connectivity index (χ3v) is 17.7. The van der Waals surface area contributed by atoms with Gasteiger partial charge in [0.1, 0.15) is 0 Å². The topological polar surface area (TPSA) is 63.6 Å². The van der Waals surface area contributed by atoms with Gasteiger partial charge in [-0.2, -0.15) is 0 Å². The second-order valence-electron chi connectivity index (χ2n) is 18.8. The lowest BCUT2D eigenvalue weighted by Gasteiger charge is -2.36. The van der Waals surface area contributed by atoms with Gasteiger partial charge < -0.3 is 9.53 Å². The number of carbonyl (C=O) groups is 2. The van der Waals surface area contributed by atoms with Crippen LogP contribution in [0.5, 0.6) is 0 Å². The maximum Gasteiger partial charge on any atom is 0.322 e. The molecule has 10 rings (SSSR count). The molecular weight excluding hydrogens is 909 g/mol. The Labute approximate surface area is 430 Å². The zero-order valence-electron chi connectivity index (χ0n) is 40.9. The van der Waals surface area contributed by atoms with E-state index in [1.165, 1.54) is 0 Å². The van der Waals surface area contributed by atoms with E-state index in [1.54, 1.807) is 31.2 Å². The van der Waals surface area contributed by atoms with Crippen LogP contribution in [0.2, 0.25) is 0 Å². The number of aliphatic hydroxyl groups is 1. The highest BCUT2D eigenvalue weighted by molar-refractivity contribution is 6.74. The molecule has 73 heavy (non-hydrogen) atoms. The summed E-state index contributed by atoms with van der Waals surface area (Å²) in [6.45, 7) is 1.62. The molecule has 0 fully saturated rings. The number of rotatable bonds is 17. The van der Waals surface area contributed by atoms with Gasteiger partial charge in [0.25, 0.3) is 8.32 Å². The highest BCUT2D eigenvalue weighted by atomic mass is 28.4. The molecule has 0 aliphatic carbocycles. The summed E-state index contributed by atoms with van der Waals surface area (Å²) in [5.41, 5.74) is 15.9. The number of hydrogen-bond donors (Lipinski definition) is 1. The first-order valence-corrected chi connectivity index (χ1v) is 27.6. The van der Waals surface area contributed by atoms with E-state index < -0.39 is 26.3 Å². The van der Waals surface area contributed by atoms with Gasteiger partial charge >= 0.3 is 5.97 Å². The van der Waals surface area contributed by atoms with Crippen LogP contribution in [0, 0.1) is 5.92 Å². The van der Waals surface area contributed by atoms with Crippen LogP contribution in [0.3, 0.4) is 0 Å². The van der Waals surface area contributed by atoms with Crippen molar-refractivity contribution in [1.29, 1.82) is 0 Å². The molecule has 1 N–H and O–H groups in total. The molecule has 10 aromatic carbocycles. The first kappa shape index (κ1) is 48.2. The Hall–Kier alpha value is -8.48. The zero-order valence-corrected chi connectivity index (χ0v) is 41.9. The van der Waals surface area contributed by atoms with Gasteiger partial charge in [-0.05, 0) is 83.5 Å². The summed E-state index contributed by atoms with van der Waals surface area (Å²) in [5, 5.41) is 12.4. The highest BCUT2D eigenvalue weighted by Crippen LogP contribution is 2.43. The molecule has 5 heteroatoms.